The molecule has 2 rings (SSSR count). The minimum absolute atomic E-state index is 0.156. The molecule has 0 aliphatic heterocycles. The van der Waals surface area contributed by atoms with Gasteiger partial charge in [-0.15, -0.1) is 0 Å². The zero-order chi connectivity index (χ0) is 13.0. The molecule has 1 aromatic carbocycles. The summed E-state index contributed by atoms with van der Waals surface area (Å²) in [5.74, 6) is -0.811. The van der Waals surface area contributed by atoms with Crippen molar-refractivity contribution in [2.75, 3.05) is 5.32 Å². The van der Waals surface area contributed by atoms with Gasteiger partial charge in [-0.1, -0.05) is 6.07 Å². The van der Waals surface area contributed by atoms with Gasteiger partial charge < -0.3 is 5.32 Å². The summed E-state index contributed by atoms with van der Waals surface area (Å²) in [5, 5.41) is 11.4. The summed E-state index contributed by atoms with van der Waals surface area (Å²) in [5.41, 5.74) is 0.635. The van der Waals surface area contributed by atoms with Gasteiger partial charge in [-0.05, 0) is 12.1 Å². The Bertz CT molecular complexity index is 590. The van der Waals surface area contributed by atoms with Crippen molar-refractivity contribution in [3.05, 3.63) is 53.4 Å². The quantitative estimate of drug-likeness (QED) is 0.902. The summed E-state index contributed by atoms with van der Waals surface area (Å²) in [6.07, 6.45) is 2.04. The van der Waals surface area contributed by atoms with Crippen LogP contribution >= 0.6 is 0 Å². The third-order valence-electron chi connectivity index (χ3n) is 2.24. The second kappa shape index (κ2) is 5.19. The van der Waals surface area contributed by atoms with Gasteiger partial charge in [0, 0.05) is 12.1 Å². The summed E-state index contributed by atoms with van der Waals surface area (Å²) in [6, 6.07) is 6.03. The van der Waals surface area contributed by atoms with Gasteiger partial charge in [0.15, 0.2) is 5.82 Å². The zero-order valence-electron chi connectivity index (χ0n) is 9.19. The van der Waals surface area contributed by atoms with Crippen LogP contribution in [-0.2, 0) is 6.54 Å². The van der Waals surface area contributed by atoms with Gasteiger partial charge in [0.1, 0.15) is 5.82 Å². The minimum atomic E-state index is -0.537. The van der Waals surface area contributed by atoms with Crippen LogP contribution in [0.25, 0.3) is 0 Å². The molecule has 1 aromatic heterocycles. The summed E-state index contributed by atoms with van der Waals surface area (Å²) in [6.45, 7) is 0.156. The van der Waals surface area contributed by atoms with Crippen LogP contribution in [0.4, 0.5) is 14.7 Å². The Kier molecular flexibility index (Phi) is 3.44. The van der Waals surface area contributed by atoms with Crippen LogP contribution in [0.5, 0.6) is 0 Å². The summed E-state index contributed by atoms with van der Waals surface area (Å²) >= 11 is 0. The highest BCUT2D eigenvalue weighted by Gasteiger charge is 2.04. The van der Waals surface area contributed by atoms with Crippen molar-refractivity contribution in [1.82, 2.24) is 9.97 Å². The van der Waals surface area contributed by atoms with E-state index in [0.29, 0.717) is 5.56 Å². The molecule has 0 saturated heterocycles. The fourth-order valence-electron chi connectivity index (χ4n) is 1.34. The van der Waals surface area contributed by atoms with E-state index in [0.717, 1.165) is 18.5 Å². The number of benzene rings is 1. The highest BCUT2D eigenvalue weighted by molar-refractivity contribution is 5.34. The Hall–Kier alpha value is -2.55. The second-order valence-electron chi connectivity index (χ2n) is 3.50. The number of hydrogen-bond acceptors (Lipinski definition) is 4. The van der Waals surface area contributed by atoms with Crippen LogP contribution in [0, 0.1) is 23.0 Å². The Morgan fingerprint density at radius 1 is 1.22 bits per heavy atom. The SMILES string of the molecule is N#Cc1ccc(CNc2ncc(F)cn2)c(F)c1. The van der Waals surface area contributed by atoms with Gasteiger partial charge in [-0.2, -0.15) is 5.26 Å². The number of rotatable bonds is 3. The molecule has 0 aliphatic rings. The number of aromatic nitrogens is 2. The van der Waals surface area contributed by atoms with Crippen LogP contribution in [-0.4, -0.2) is 9.97 Å². The van der Waals surface area contributed by atoms with Crippen LogP contribution < -0.4 is 5.32 Å². The van der Waals surface area contributed by atoms with Crippen molar-refractivity contribution in [3.8, 4) is 6.07 Å². The van der Waals surface area contributed by atoms with Gasteiger partial charge in [0.25, 0.3) is 0 Å². The predicted octanol–water partition coefficient (Wildman–Crippen LogP) is 2.24. The molecule has 18 heavy (non-hydrogen) atoms. The van der Waals surface area contributed by atoms with Crippen LogP contribution in [0.2, 0.25) is 0 Å². The topological polar surface area (TPSA) is 61.6 Å². The van der Waals surface area contributed by atoms with Crippen molar-refractivity contribution >= 4 is 5.95 Å². The monoisotopic (exact) mass is 246 g/mol. The molecule has 1 N–H and O–H groups in total. The van der Waals surface area contributed by atoms with E-state index in [9.17, 15) is 8.78 Å². The van der Waals surface area contributed by atoms with Crippen molar-refractivity contribution in [2.45, 2.75) is 6.54 Å². The minimum Gasteiger partial charge on any atom is -0.350 e. The molecule has 0 spiro atoms. The van der Waals surface area contributed by atoms with Crippen molar-refractivity contribution in [3.63, 3.8) is 0 Å². The molecule has 6 heteroatoms. The number of nitrogens with zero attached hydrogens (tertiary/aromatic N) is 3. The highest BCUT2D eigenvalue weighted by atomic mass is 19.1. The van der Waals surface area contributed by atoms with E-state index in [2.05, 4.69) is 15.3 Å². The molecule has 0 amide bonds. The molecule has 0 fully saturated rings. The summed E-state index contributed by atoms with van der Waals surface area (Å²) in [7, 11) is 0. The summed E-state index contributed by atoms with van der Waals surface area (Å²) < 4.78 is 26.1. The molecule has 0 atom stereocenters. The molecule has 0 aliphatic carbocycles. The maximum atomic E-state index is 13.5. The number of hydrogen-bond donors (Lipinski definition) is 1. The average molecular weight is 246 g/mol. The first-order valence-corrected chi connectivity index (χ1v) is 5.09. The average Bonchev–Trinajstić information content (AvgIpc) is 2.39. The van der Waals surface area contributed by atoms with E-state index in [1.54, 1.807) is 0 Å². The first-order valence-electron chi connectivity index (χ1n) is 5.09. The molecule has 0 bridgehead atoms. The maximum Gasteiger partial charge on any atom is 0.223 e. The Morgan fingerprint density at radius 2 is 1.94 bits per heavy atom. The molecular formula is C12H8F2N4. The predicted molar refractivity (Wildman–Crippen MR) is 60.4 cm³/mol. The summed E-state index contributed by atoms with van der Waals surface area (Å²) in [4.78, 5) is 7.37. The van der Waals surface area contributed by atoms with Crippen LogP contribution in [0.15, 0.2) is 30.6 Å². The maximum absolute atomic E-state index is 13.5. The molecule has 0 unspecified atom stereocenters. The third kappa shape index (κ3) is 2.77. The largest absolute Gasteiger partial charge is 0.350 e. The number of halogens is 2. The van der Waals surface area contributed by atoms with E-state index >= 15 is 0 Å². The van der Waals surface area contributed by atoms with E-state index < -0.39 is 11.6 Å². The van der Waals surface area contributed by atoms with Crippen molar-refractivity contribution in [2.24, 2.45) is 0 Å². The zero-order valence-corrected chi connectivity index (χ0v) is 9.19. The van der Waals surface area contributed by atoms with E-state index in [4.69, 9.17) is 5.26 Å². The van der Waals surface area contributed by atoms with Crippen molar-refractivity contribution < 1.29 is 8.78 Å². The van der Waals surface area contributed by atoms with Gasteiger partial charge in [-0.3, -0.25) is 0 Å². The molecular weight excluding hydrogens is 238 g/mol. The lowest BCUT2D eigenvalue weighted by Gasteiger charge is -2.05. The van der Waals surface area contributed by atoms with E-state index in [1.165, 1.54) is 12.1 Å². The Morgan fingerprint density at radius 3 is 2.56 bits per heavy atom. The lowest BCUT2D eigenvalue weighted by Crippen LogP contribution is -2.05. The standard InChI is InChI=1S/C12H8F2N4/c13-10-6-17-12(18-7-10)16-5-9-2-1-8(4-15)3-11(9)14/h1-3,6-7H,5H2,(H,16,17,18). The molecule has 2 aromatic rings. The van der Waals surface area contributed by atoms with Gasteiger partial charge in [-0.25, -0.2) is 18.7 Å². The molecule has 0 radical (unpaired) electrons. The molecule has 90 valence electrons. The van der Waals surface area contributed by atoms with Crippen LogP contribution in [0.1, 0.15) is 11.1 Å². The number of nitriles is 1. The van der Waals surface area contributed by atoms with Gasteiger partial charge in [0.05, 0.1) is 24.0 Å². The number of anilines is 1. The fraction of sp³-hybridized carbons (Fsp3) is 0.0833. The normalized spacial score (nSPS) is 9.83. The molecule has 4 nitrogen and oxygen atoms in total. The lowest BCUT2D eigenvalue weighted by atomic mass is 10.1. The van der Waals surface area contributed by atoms with E-state index in [1.807, 2.05) is 6.07 Å². The number of nitrogens with one attached hydrogen (secondary N) is 1. The van der Waals surface area contributed by atoms with Crippen molar-refractivity contribution in [1.29, 1.82) is 5.26 Å². The Balaban J connectivity index is 2.06. The van der Waals surface area contributed by atoms with E-state index in [-0.39, 0.29) is 18.1 Å². The van der Waals surface area contributed by atoms with Gasteiger partial charge >= 0.3 is 0 Å². The molecule has 0 saturated carbocycles. The first-order chi connectivity index (χ1) is 8.69. The lowest BCUT2D eigenvalue weighted by molar-refractivity contribution is 0.609. The third-order valence-corrected chi connectivity index (χ3v) is 2.24. The smallest absolute Gasteiger partial charge is 0.223 e. The molecule has 1 heterocycles. The highest BCUT2D eigenvalue weighted by Crippen LogP contribution is 2.11. The fourth-order valence-corrected chi connectivity index (χ4v) is 1.34. The van der Waals surface area contributed by atoms with Crippen LogP contribution in [0.3, 0.4) is 0 Å². The first kappa shape index (κ1) is 11.9. The van der Waals surface area contributed by atoms with Gasteiger partial charge in [0.2, 0.25) is 5.95 Å². The second-order valence-corrected chi connectivity index (χ2v) is 3.50. The Labute approximate surface area is 102 Å².